The first kappa shape index (κ1) is 11.1. The van der Waals surface area contributed by atoms with Gasteiger partial charge in [-0.25, -0.2) is 0 Å². The van der Waals surface area contributed by atoms with Crippen molar-refractivity contribution in [3.8, 4) is 0 Å². The first-order chi connectivity index (χ1) is 6.63. The van der Waals surface area contributed by atoms with Crippen LogP contribution in [0, 0.1) is 6.92 Å². The van der Waals surface area contributed by atoms with Crippen LogP contribution < -0.4 is 5.32 Å². The summed E-state index contributed by atoms with van der Waals surface area (Å²) in [5.74, 6) is 0.910. The molecule has 1 aromatic rings. The zero-order valence-electron chi connectivity index (χ0n) is 7.86. The van der Waals surface area contributed by atoms with E-state index >= 15 is 0 Å². The van der Waals surface area contributed by atoms with Crippen LogP contribution in [0.5, 0.6) is 0 Å². The maximum absolute atomic E-state index is 10.6. The third-order valence-electron chi connectivity index (χ3n) is 1.80. The van der Waals surface area contributed by atoms with Crippen molar-refractivity contribution < 1.29 is 14.3 Å². The quantitative estimate of drug-likeness (QED) is 0.643. The van der Waals surface area contributed by atoms with Crippen molar-refractivity contribution in [3.63, 3.8) is 0 Å². The number of aliphatic carboxylic acids is 1. The highest BCUT2D eigenvalue weighted by atomic mass is 32.1. The Morgan fingerprint density at radius 1 is 1.71 bits per heavy atom. The Bertz CT molecular complexity index is 311. The van der Waals surface area contributed by atoms with E-state index in [1.54, 1.807) is 0 Å². The molecule has 1 atom stereocenters. The lowest BCUT2D eigenvalue weighted by atomic mass is 10.3. The van der Waals surface area contributed by atoms with Gasteiger partial charge in [-0.05, 0) is 19.1 Å². The summed E-state index contributed by atoms with van der Waals surface area (Å²) >= 11 is 3.93. The highest BCUT2D eigenvalue weighted by molar-refractivity contribution is 7.80. The number of carbonyl (C=O) groups is 1. The Morgan fingerprint density at radius 3 is 2.86 bits per heavy atom. The second-order valence-electron chi connectivity index (χ2n) is 2.97. The first-order valence-corrected chi connectivity index (χ1v) is 4.89. The molecule has 0 amide bonds. The smallest absolute Gasteiger partial charge is 0.321 e. The number of carboxylic acids is 1. The summed E-state index contributed by atoms with van der Waals surface area (Å²) in [6.07, 6.45) is 0. The lowest BCUT2D eigenvalue weighted by molar-refractivity contribution is -0.138. The molecule has 0 bridgehead atoms. The van der Waals surface area contributed by atoms with Crippen LogP contribution in [0.1, 0.15) is 11.5 Å². The van der Waals surface area contributed by atoms with Crippen LogP contribution in [-0.2, 0) is 11.3 Å². The fraction of sp³-hybridized carbons (Fsp3) is 0.444. The molecule has 0 aliphatic carbocycles. The van der Waals surface area contributed by atoms with Gasteiger partial charge in [-0.1, -0.05) is 0 Å². The molecule has 78 valence electrons. The van der Waals surface area contributed by atoms with Crippen molar-refractivity contribution in [2.24, 2.45) is 0 Å². The molecule has 2 N–H and O–H groups in total. The number of thiol groups is 1. The van der Waals surface area contributed by atoms with E-state index in [-0.39, 0.29) is 5.75 Å². The fourth-order valence-corrected chi connectivity index (χ4v) is 1.32. The highest BCUT2D eigenvalue weighted by Gasteiger charge is 2.14. The van der Waals surface area contributed by atoms with Crippen molar-refractivity contribution in [3.05, 3.63) is 23.7 Å². The van der Waals surface area contributed by atoms with Crippen molar-refractivity contribution >= 4 is 18.6 Å². The number of furan rings is 1. The highest BCUT2D eigenvalue weighted by Crippen LogP contribution is 2.05. The van der Waals surface area contributed by atoms with Crippen molar-refractivity contribution in [1.29, 1.82) is 0 Å². The lowest BCUT2D eigenvalue weighted by Crippen LogP contribution is -2.37. The summed E-state index contributed by atoms with van der Waals surface area (Å²) in [6, 6.07) is 3.02. The predicted octanol–water partition coefficient (Wildman–Crippen LogP) is 1.06. The van der Waals surface area contributed by atoms with Gasteiger partial charge < -0.3 is 9.52 Å². The van der Waals surface area contributed by atoms with Crippen LogP contribution in [0.3, 0.4) is 0 Å². The molecule has 0 unspecified atom stereocenters. The molecule has 0 saturated heterocycles. The van der Waals surface area contributed by atoms with E-state index in [0.29, 0.717) is 6.54 Å². The third-order valence-corrected chi connectivity index (χ3v) is 2.16. The molecule has 0 saturated carbocycles. The Morgan fingerprint density at radius 2 is 2.43 bits per heavy atom. The van der Waals surface area contributed by atoms with Gasteiger partial charge in [0.05, 0.1) is 6.54 Å². The molecule has 0 spiro atoms. The summed E-state index contributed by atoms with van der Waals surface area (Å²) in [7, 11) is 0. The third kappa shape index (κ3) is 3.08. The minimum Gasteiger partial charge on any atom is -0.480 e. The standard InChI is InChI=1S/C9H13NO3S/c1-6-2-3-7(13-6)4-10-8(5-14)9(11)12/h2-3,8,10,14H,4-5H2,1H3,(H,11,12)/t8-/m0/s1. The molecule has 5 heteroatoms. The molecule has 14 heavy (non-hydrogen) atoms. The van der Waals surface area contributed by atoms with Crippen LogP contribution in [0.25, 0.3) is 0 Å². The van der Waals surface area contributed by atoms with E-state index < -0.39 is 12.0 Å². The zero-order valence-corrected chi connectivity index (χ0v) is 8.75. The van der Waals surface area contributed by atoms with Crippen LogP contribution in [0.2, 0.25) is 0 Å². The summed E-state index contributed by atoms with van der Waals surface area (Å²) in [5.41, 5.74) is 0. The topological polar surface area (TPSA) is 62.5 Å². The largest absolute Gasteiger partial charge is 0.480 e. The van der Waals surface area contributed by atoms with Crippen molar-refractivity contribution in [2.45, 2.75) is 19.5 Å². The van der Waals surface area contributed by atoms with Crippen LogP contribution in [0.4, 0.5) is 0 Å². The molecule has 0 aliphatic rings. The van der Waals surface area contributed by atoms with Gasteiger partial charge in [-0.15, -0.1) is 0 Å². The molecule has 0 aliphatic heterocycles. The second-order valence-corrected chi connectivity index (χ2v) is 3.33. The molecule has 1 heterocycles. The van der Waals surface area contributed by atoms with Gasteiger partial charge in [0.25, 0.3) is 0 Å². The number of carboxylic acid groups (broad SMARTS) is 1. The molecule has 1 aromatic heterocycles. The van der Waals surface area contributed by atoms with Gasteiger partial charge in [0.15, 0.2) is 0 Å². The molecule has 1 rings (SSSR count). The minimum atomic E-state index is -0.900. The summed E-state index contributed by atoms with van der Waals surface area (Å²) < 4.78 is 5.28. The van der Waals surface area contributed by atoms with Crippen molar-refractivity contribution in [2.75, 3.05) is 5.75 Å². The van der Waals surface area contributed by atoms with Crippen LogP contribution in [-0.4, -0.2) is 22.9 Å². The van der Waals surface area contributed by atoms with Crippen LogP contribution >= 0.6 is 12.6 Å². The molecule has 4 nitrogen and oxygen atoms in total. The van der Waals surface area contributed by atoms with E-state index in [9.17, 15) is 4.79 Å². The molecule has 0 aromatic carbocycles. The fourth-order valence-electron chi connectivity index (χ4n) is 1.03. The first-order valence-electron chi connectivity index (χ1n) is 4.26. The number of hydrogen-bond acceptors (Lipinski definition) is 4. The molecule has 0 radical (unpaired) electrons. The van der Waals surface area contributed by atoms with Gasteiger partial charge in [-0.3, -0.25) is 10.1 Å². The molecular formula is C9H13NO3S. The number of rotatable bonds is 5. The summed E-state index contributed by atoms with van der Waals surface area (Å²) in [4.78, 5) is 10.6. The van der Waals surface area contributed by atoms with Gasteiger partial charge in [-0.2, -0.15) is 12.6 Å². The number of aryl methyl sites for hydroxylation is 1. The number of nitrogens with one attached hydrogen (secondary N) is 1. The molecule has 0 fully saturated rings. The lowest BCUT2D eigenvalue weighted by Gasteiger charge is -2.09. The minimum absolute atomic E-state index is 0.259. The van der Waals surface area contributed by atoms with E-state index in [1.165, 1.54) is 0 Å². The van der Waals surface area contributed by atoms with Gasteiger partial charge in [0.2, 0.25) is 0 Å². The van der Waals surface area contributed by atoms with Gasteiger partial charge in [0, 0.05) is 5.75 Å². The Balaban J connectivity index is 2.43. The van der Waals surface area contributed by atoms with Gasteiger partial charge >= 0.3 is 5.97 Å². The van der Waals surface area contributed by atoms with E-state index in [0.717, 1.165) is 11.5 Å². The summed E-state index contributed by atoms with van der Waals surface area (Å²) in [5, 5.41) is 11.5. The van der Waals surface area contributed by atoms with E-state index in [1.807, 2.05) is 19.1 Å². The van der Waals surface area contributed by atoms with E-state index in [2.05, 4.69) is 17.9 Å². The van der Waals surface area contributed by atoms with Crippen LogP contribution in [0.15, 0.2) is 16.5 Å². The number of hydrogen-bond donors (Lipinski definition) is 3. The van der Waals surface area contributed by atoms with Crippen molar-refractivity contribution in [1.82, 2.24) is 5.32 Å². The average molecular weight is 215 g/mol. The van der Waals surface area contributed by atoms with Gasteiger partial charge in [0.1, 0.15) is 17.6 Å². The maximum atomic E-state index is 10.6. The average Bonchev–Trinajstić information content (AvgIpc) is 2.52. The Hall–Kier alpha value is -0.940. The monoisotopic (exact) mass is 215 g/mol. The molecular weight excluding hydrogens is 202 g/mol. The Kier molecular flexibility index (Phi) is 4.03. The normalized spacial score (nSPS) is 12.7. The maximum Gasteiger partial charge on any atom is 0.321 e. The predicted molar refractivity (Wildman–Crippen MR) is 55.6 cm³/mol. The zero-order chi connectivity index (χ0) is 10.6. The SMILES string of the molecule is Cc1ccc(CN[C@@H](CS)C(=O)O)o1. The summed E-state index contributed by atoms with van der Waals surface area (Å²) in [6.45, 7) is 2.25. The Labute approximate surface area is 87.7 Å². The second kappa shape index (κ2) is 5.07. The van der Waals surface area contributed by atoms with E-state index in [4.69, 9.17) is 9.52 Å².